The van der Waals surface area contributed by atoms with Gasteiger partial charge in [-0.25, -0.2) is 4.98 Å². The molecule has 2 rings (SSSR count). The van der Waals surface area contributed by atoms with Crippen molar-refractivity contribution in [3.63, 3.8) is 0 Å². The van der Waals surface area contributed by atoms with E-state index >= 15 is 0 Å². The normalized spacial score (nSPS) is 13.9. The van der Waals surface area contributed by atoms with Crippen molar-refractivity contribution in [2.45, 2.75) is 214 Å². The molecule has 0 fully saturated rings. The van der Waals surface area contributed by atoms with Gasteiger partial charge in [-0.2, -0.15) is 0 Å². The fourth-order valence-corrected chi connectivity index (χ4v) is 8.56. The van der Waals surface area contributed by atoms with Crippen LogP contribution in [0.5, 0.6) is 0 Å². The predicted octanol–water partition coefficient (Wildman–Crippen LogP) is 5.04. The van der Waals surface area contributed by atoms with Gasteiger partial charge in [-0.15, -0.1) is 0 Å². The molecule has 9 N–H and O–H groups in total. The molecule has 21 nitrogen and oxygen atoms in total. The standard InChI is InChI=1S/C58H97N11O10/c1-17-18-19-20-21-25-28-41(61-49(73)45-35-79-52(64-45)40-26-23-22-24-27-40)47(71)62-43(32-37(4)5)50(74)66-57(11,12)54(77)65-42(31-36(2)3)48(72)63-44(33-38(6)7)51(75)67-58(13,14)55(78)68-56(9,10)53(76)59-30-29-46(70)60-39(8)34-69(15)16/h22-24,26-27,35-39,41-44H,17-21,25,28-34H2,1-16H3,(H,59,76)(H,60,70)(H,61,73)(H,62,71)(H,63,72)(H,65,77)(H,66,74)(H,67,75)(H,68,78). The molecular formula is C58H97N11O10. The molecule has 0 bridgehead atoms. The Morgan fingerprint density at radius 3 is 1.56 bits per heavy atom. The van der Waals surface area contributed by atoms with Crippen LogP contribution in [0.1, 0.15) is 178 Å². The number of carbonyl (C=O) groups excluding carboxylic acids is 9. The highest BCUT2D eigenvalue weighted by Crippen LogP contribution is 2.20. The first-order chi connectivity index (χ1) is 36.8. The average Bonchev–Trinajstić information content (AvgIpc) is 3.84. The second kappa shape index (κ2) is 32.6. The Kier molecular flexibility index (Phi) is 28.4. The Bertz CT molecular complexity index is 2310. The number of aromatic nitrogens is 1. The molecule has 1 heterocycles. The third kappa shape index (κ3) is 25.1. The summed E-state index contributed by atoms with van der Waals surface area (Å²) in [4.78, 5) is 130. The molecule has 0 radical (unpaired) electrons. The van der Waals surface area contributed by atoms with E-state index in [9.17, 15) is 43.2 Å². The van der Waals surface area contributed by atoms with Gasteiger partial charge in [-0.05, 0) is 118 Å². The monoisotopic (exact) mass is 1110 g/mol. The summed E-state index contributed by atoms with van der Waals surface area (Å²) in [5.74, 6) is -5.44. The van der Waals surface area contributed by atoms with E-state index in [0.717, 1.165) is 32.1 Å². The molecule has 5 unspecified atom stereocenters. The molecule has 0 aliphatic heterocycles. The van der Waals surface area contributed by atoms with Crippen molar-refractivity contribution in [1.29, 1.82) is 0 Å². The number of oxazole rings is 1. The second-order valence-corrected chi connectivity index (χ2v) is 24.1. The molecule has 444 valence electrons. The number of carbonyl (C=O) groups is 9. The Balaban J connectivity index is 2.22. The number of rotatable bonds is 35. The van der Waals surface area contributed by atoms with Gasteiger partial charge in [0.1, 0.15) is 47.0 Å². The highest BCUT2D eigenvalue weighted by Gasteiger charge is 2.40. The number of hydrogen-bond acceptors (Lipinski definition) is 12. The van der Waals surface area contributed by atoms with Gasteiger partial charge in [0, 0.05) is 31.1 Å². The van der Waals surface area contributed by atoms with Crippen LogP contribution in [0.4, 0.5) is 0 Å². The molecule has 0 aliphatic carbocycles. The minimum Gasteiger partial charge on any atom is -0.444 e. The quantitative estimate of drug-likeness (QED) is 0.0411. The van der Waals surface area contributed by atoms with Crippen LogP contribution in [-0.2, 0) is 38.4 Å². The van der Waals surface area contributed by atoms with Gasteiger partial charge in [0.15, 0.2) is 5.69 Å². The van der Waals surface area contributed by atoms with Crippen LogP contribution >= 0.6 is 0 Å². The Morgan fingerprint density at radius 2 is 1.04 bits per heavy atom. The zero-order valence-corrected chi connectivity index (χ0v) is 50.3. The van der Waals surface area contributed by atoms with E-state index in [-0.39, 0.29) is 73.5 Å². The lowest BCUT2D eigenvalue weighted by atomic mass is 9.96. The van der Waals surface area contributed by atoms with Crippen LogP contribution in [-0.4, -0.2) is 137 Å². The molecule has 21 heteroatoms. The van der Waals surface area contributed by atoms with Gasteiger partial charge in [-0.3, -0.25) is 43.2 Å². The second-order valence-electron chi connectivity index (χ2n) is 24.1. The van der Waals surface area contributed by atoms with Gasteiger partial charge >= 0.3 is 0 Å². The van der Waals surface area contributed by atoms with Crippen LogP contribution in [0.3, 0.4) is 0 Å². The zero-order chi connectivity index (χ0) is 59.8. The molecule has 1 aromatic carbocycles. The third-order valence-corrected chi connectivity index (χ3v) is 12.9. The molecule has 2 aromatic rings. The molecule has 0 aliphatic rings. The van der Waals surface area contributed by atoms with Crippen molar-refractivity contribution < 1.29 is 47.6 Å². The maximum absolute atomic E-state index is 14.2. The number of unbranched alkanes of at least 4 members (excludes halogenated alkanes) is 5. The predicted molar refractivity (Wildman–Crippen MR) is 306 cm³/mol. The molecule has 1 aromatic heterocycles. The average molecular weight is 1110 g/mol. The molecule has 0 saturated heterocycles. The maximum Gasteiger partial charge on any atom is 0.273 e. The van der Waals surface area contributed by atoms with Crippen molar-refractivity contribution in [3.05, 3.63) is 42.3 Å². The fraction of sp³-hybridized carbons (Fsp3) is 0.690. The Hall–Kier alpha value is -6.38. The first-order valence-corrected chi connectivity index (χ1v) is 28.2. The first-order valence-electron chi connectivity index (χ1n) is 28.2. The van der Waals surface area contributed by atoms with Crippen molar-refractivity contribution >= 4 is 53.2 Å². The Labute approximate surface area is 470 Å². The largest absolute Gasteiger partial charge is 0.444 e. The lowest BCUT2D eigenvalue weighted by Crippen LogP contribution is -2.65. The lowest BCUT2D eigenvalue weighted by molar-refractivity contribution is -0.139. The highest BCUT2D eigenvalue weighted by molar-refractivity contribution is 6.00. The topological polar surface area (TPSA) is 291 Å². The van der Waals surface area contributed by atoms with Crippen LogP contribution in [0.2, 0.25) is 0 Å². The summed E-state index contributed by atoms with van der Waals surface area (Å²) in [6.07, 6.45) is 7.72. The van der Waals surface area contributed by atoms with Crippen molar-refractivity contribution in [2.24, 2.45) is 17.8 Å². The van der Waals surface area contributed by atoms with E-state index in [4.69, 9.17) is 4.42 Å². The molecule has 0 spiro atoms. The lowest BCUT2D eigenvalue weighted by Gasteiger charge is -2.33. The van der Waals surface area contributed by atoms with Crippen LogP contribution in [0, 0.1) is 17.8 Å². The molecule has 5 atom stereocenters. The smallest absolute Gasteiger partial charge is 0.273 e. The fourth-order valence-electron chi connectivity index (χ4n) is 8.56. The van der Waals surface area contributed by atoms with Crippen molar-refractivity contribution in [2.75, 3.05) is 27.2 Å². The summed E-state index contributed by atoms with van der Waals surface area (Å²) in [6, 6.07) is 4.52. The number of nitrogens with one attached hydrogen (secondary N) is 9. The molecule has 0 saturated carbocycles. The van der Waals surface area contributed by atoms with E-state index in [2.05, 4.69) is 59.8 Å². The summed E-state index contributed by atoms with van der Waals surface area (Å²) >= 11 is 0. The van der Waals surface area contributed by atoms with Crippen molar-refractivity contribution in [1.82, 2.24) is 57.7 Å². The Morgan fingerprint density at radius 1 is 0.557 bits per heavy atom. The van der Waals surface area contributed by atoms with Crippen LogP contribution in [0.25, 0.3) is 11.5 Å². The summed E-state index contributed by atoms with van der Waals surface area (Å²) < 4.78 is 5.59. The van der Waals surface area contributed by atoms with E-state index in [1.807, 2.05) is 85.7 Å². The van der Waals surface area contributed by atoms with Gasteiger partial charge < -0.3 is 57.2 Å². The molecule has 79 heavy (non-hydrogen) atoms. The minimum atomic E-state index is -1.63. The van der Waals surface area contributed by atoms with Gasteiger partial charge in [-0.1, -0.05) is 105 Å². The summed E-state index contributed by atoms with van der Waals surface area (Å²) in [6.45, 7) is 24.8. The number of benzene rings is 1. The number of amides is 9. The summed E-state index contributed by atoms with van der Waals surface area (Å²) in [5, 5.41) is 25.0. The number of likely N-dealkylation sites (N-methyl/N-ethyl adjacent to an activating group) is 1. The number of hydrogen-bond donors (Lipinski definition) is 9. The number of nitrogens with zero attached hydrogens (tertiary/aromatic N) is 2. The van der Waals surface area contributed by atoms with Gasteiger partial charge in [0.2, 0.25) is 53.1 Å². The van der Waals surface area contributed by atoms with E-state index in [1.54, 1.807) is 12.1 Å². The van der Waals surface area contributed by atoms with E-state index < -0.39 is 88.0 Å². The van der Waals surface area contributed by atoms with Crippen LogP contribution < -0.4 is 47.9 Å². The van der Waals surface area contributed by atoms with E-state index in [1.165, 1.54) is 47.8 Å². The van der Waals surface area contributed by atoms with E-state index in [0.29, 0.717) is 24.9 Å². The minimum absolute atomic E-state index is 0.0121. The van der Waals surface area contributed by atoms with Crippen LogP contribution in [0.15, 0.2) is 41.0 Å². The zero-order valence-electron chi connectivity index (χ0n) is 50.3. The summed E-state index contributed by atoms with van der Waals surface area (Å²) in [5.41, 5.74) is -3.99. The molecule has 9 amide bonds. The maximum atomic E-state index is 14.2. The molecular weight excluding hydrogens is 1010 g/mol. The highest BCUT2D eigenvalue weighted by atomic mass is 16.3. The van der Waals surface area contributed by atoms with Crippen molar-refractivity contribution in [3.8, 4) is 11.5 Å². The van der Waals surface area contributed by atoms with Gasteiger partial charge in [0.05, 0.1) is 0 Å². The third-order valence-electron chi connectivity index (χ3n) is 12.9. The van der Waals surface area contributed by atoms with Gasteiger partial charge in [0.25, 0.3) is 5.91 Å². The first kappa shape index (κ1) is 68.7. The summed E-state index contributed by atoms with van der Waals surface area (Å²) in [7, 11) is 3.80. The SMILES string of the molecule is CCCCCCCCC(NC(=O)c1coc(-c2ccccc2)n1)C(=O)NC(CC(C)C)C(=O)NC(C)(C)C(=O)NC(CC(C)C)C(=O)NC(CC(C)C)C(=O)NC(C)(C)C(=O)NC(C)(C)C(=O)NCCC(=O)NC(C)CN(C)C.